The first-order valence-electron chi connectivity index (χ1n) is 28.0. The second-order valence-electron chi connectivity index (χ2n) is 18.1. The maximum Gasteiger partial charge on any atom is 0.306 e. The van der Waals surface area contributed by atoms with Crippen LogP contribution in [0.25, 0.3) is 0 Å². The number of unbranched alkanes of at least 4 members (excludes halogenated alkanes) is 18. The topological polar surface area (TPSA) is 78.9 Å². The lowest BCUT2D eigenvalue weighted by atomic mass is 10.1. The van der Waals surface area contributed by atoms with Crippen LogP contribution in [0.2, 0.25) is 0 Å². The largest absolute Gasteiger partial charge is 0.462 e. The summed E-state index contributed by atoms with van der Waals surface area (Å²) in [7, 11) is 0. The summed E-state index contributed by atoms with van der Waals surface area (Å²) in [5.74, 6) is -0.981. The van der Waals surface area contributed by atoms with Crippen molar-refractivity contribution < 1.29 is 28.6 Å². The van der Waals surface area contributed by atoms with Crippen LogP contribution in [-0.4, -0.2) is 37.2 Å². The van der Waals surface area contributed by atoms with E-state index in [2.05, 4.69) is 142 Å². The van der Waals surface area contributed by atoms with E-state index in [-0.39, 0.29) is 37.5 Å². The van der Waals surface area contributed by atoms with Crippen LogP contribution >= 0.6 is 0 Å². The molecule has 0 bridgehead atoms. The molecular weight excluding hydrogens is 853 g/mol. The molecule has 0 aromatic heterocycles. The molecule has 0 saturated carbocycles. The minimum atomic E-state index is -0.805. The predicted molar refractivity (Wildman–Crippen MR) is 297 cm³/mol. The quantitative estimate of drug-likeness (QED) is 0.0262. The average Bonchev–Trinajstić information content (AvgIpc) is 3.35. The number of allylic oxidation sites excluding steroid dienone is 20. The number of hydrogen-bond donors (Lipinski definition) is 0. The Morgan fingerprint density at radius 1 is 0.304 bits per heavy atom. The average molecular weight is 956 g/mol. The summed E-state index contributed by atoms with van der Waals surface area (Å²) in [6, 6.07) is 0. The summed E-state index contributed by atoms with van der Waals surface area (Å²) in [5.41, 5.74) is 0. The Hall–Kier alpha value is -4.19. The van der Waals surface area contributed by atoms with Gasteiger partial charge in [0.2, 0.25) is 0 Å². The van der Waals surface area contributed by atoms with Crippen LogP contribution in [0.15, 0.2) is 122 Å². The fourth-order valence-electron chi connectivity index (χ4n) is 7.26. The van der Waals surface area contributed by atoms with E-state index >= 15 is 0 Å². The minimum Gasteiger partial charge on any atom is -0.462 e. The summed E-state index contributed by atoms with van der Waals surface area (Å²) in [5, 5.41) is 0. The number of hydrogen-bond acceptors (Lipinski definition) is 6. The van der Waals surface area contributed by atoms with E-state index in [1.54, 1.807) is 0 Å². The Morgan fingerprint density at radius 2 is 0.580 bits per heavy atom. The molecule has 6 nitrogen and oxygen atoms in total. The number of ether oxygens (including phenoxy) is 3. The van der Waals surface area contributed by atoms with Gasteiger partial charge in [0, 0.05) is 19.3 Å². The molecule has 1 atom stereocenters. The standard InChI is InChI=1S/C63H102O6/c1-4-7-10-13-16-19-21-23-25-26-27-28-29-30-31-32-33-34-35-36-37-38-39-41-42-44-47-50-53-56-62(65)68-59-60(58-67-61(64)55-52-49-46-18-15-12-9-6-3)69-63(66)57-54-51-48-45-43-40-24-22-20-17-14-11-8-5-2/h7,10,16,19,22-25,27-28,30-31,33-34,36-37,39,41,44,47,60H,4-6,8-9,11-15,17-18,20-21,26,29,32,35,38,40,42-43,45-46,48-59H2,1-3H3/b10-7-,19-16-,24-22-,25-23-,28-27-,31-30-,34-33-,37-36-,41-39-,47-44-. The Labute approximate surface area is 424 Å². The van der Waals surface area contributed by atoms with Gasteiger partial charge in [-0.1, -0.05) is 232 Å². The van der Waals surface area contributed by atoms with E-state index in [1.165, 1.54) is 77.0 Å². The molecule has 6 heteroatoms. The molecule has 0 saturated heterocycles. The zero-order valence-electron chi connectivity index (χ0n) is 44.5. The van der Waals surface area contributed by atoms with Crippen molar-refractivity contribution in [2.75, 3.05) is 13.2 Å². The molecule has 0 radical (unpaired) electrons. The molecule has 390 valence electrons. The highest BCUT2D eigenvalue weighted by Gasteiger charge is 2.19. The molecular formula is C63H102O6. The molecule has 0 aliphatic heterocycles. The molecule has 1 unspecified atom stereocenters. The maximum absolute atomic E-state index is 12.8. The van der Waals surface area contributed by atoms with Crippen LogP contribution in [0.1, 0.15) is 239 Å². The summed E-state index contributed by atoms with van der Waals surface area (Å²) in [4.78, 5) is 37.9. The van der Waals surface area contributed by atoms with Gasteiger partial charge in [-0.25, -0.2) is 0 Å². The van der Waals surface area contributed by atoms with Gasteiger partial charge >= 0.3 is 17.9 Å². The Balaban J connectivity index is 4.34. The smallest absolute Gasteiger partial charge is 0.306 e. The monoisotopic (exact) mass is 955 g/mol. The molecule has 0 N–H and O–H groups in total. The predicted octanol–water partition coefficient (Wildman–Crippen LogP) is 18.9. The summed E-state index contributed by atoms with van der Waals surface area (Å²) >= 11 is 0. The van der Waals surface area contributed by atoms with Gasteiger partial charge in [-0.2, -0.15) is 0 Å². The van der Waals surface area contributed by atoms with E-state index in [0.29, 0.717) is 19.3 Å². The highest BCUT2D eigenvalue weighted by molar-refractivity contribution is 5.71. The Kier molecular flexibility index (Phi) is 53.0. The molecule has 0 amide bonds. The lowest BCUT2D eigenvalue weighted by Gasteiger charge is -2.18. The zero-order chi connectivity index (χ0) is 50.0. The highest BCUT2D eigenvalue weighted by atomic mass is 16.6. The van der Waals surface area contributed by atoms with Crippen LogP contribution in [0, 0.1) is 0 Å². The van der Waals surface area contributed by atoms with Crippen molar-refractivity contribution in [3.8, 4) is 0 Å². The fourth-order valence-corrected chi connectivity index (χ4v) is 7.26. The number of carbonyl (C=O) groups is 3. The van der Waals surface area contributed by atoms with Gasteiger partial charge in [0.1, 0.15) is 13.2 Å². The third kappa shape index (κ3) is 54.6. The molecule has 69 heavy (non-hydrogen) atoms. The number of carbonyl (C=O) groups excluding carboxylic acids is 3. The first-order valence-corrected chi connectivity index (χ1v) is 28.0. The van der Waals surface area contributed by atoms with Gasteiger partial charge in [0.15, 0.2) is 6.10 Å². The van der Waals surface area contributed by atoms with Gasteiger partial charge in [0.25, 0.3) is 0 Å². The van der Waals surface area contributed by atoms with Crippen molar-refractivity contribution in [1.82, 2.24) is 0 Å². The second-order valence-corrected chi connectivity index (χ2v) is 18.1. The number of rotatable bonds is 49. The van der Waals surface area contributed by atoms with Crippen LogP contribution < -0.4 is 0 Å². The minimum absolute atomic E-state index is 0.101. The van der Waals surface area contributed by atoms with E-state index < -0.39 is 6.10 Å². The fraction of sp³-hybridized carbons (Fsp3) is 0.635. The summed E-state index contributed by atoms with van der Waals surface area (Å²) in [6.07, 6.45) is 77.8. The van der Waals surface area contributed by atoms with Gasteiger partial charge in [0.05, 0.1) is 0 Å². The molecule has 0 fully saturated rings. The van der Waals surface area contributed by atoms with Crippen LogP contribution in [0.3, 0.4) is 0 Å². The number of esters is 3. The lowest BCUT2D eigenvalue weighted by Crippen LogP contribution is -2.30. The molecule has 0 aromatic rings. The first kappa shape index (κ1) is 64.8. The maximum atomic E-state index is 12.8. The molecule has 0 heterocycles. The van der Waals surface area contributed by atoms with Gasteiger partial charge in [-0.15, -0.1) is 0 Å². The lowest BCUT2D eigenvalue weighted by molar-refractivity contribution is -0.167. The van der Waals surface area contributed by atoms with E-state index in [4.69, 9.17) is 14.2 Å². The van der Waals surface area contributed by atoms with Crippen molar-refractivity contribution in [2.45, 2.75) is 245 Å². The second kappa shape index (κ2) is 56.4. The van der Waals surface area contributed by atoms with Crippen LogP contribution in [0.4, 0.5) is 0 Å². The van der Waals surface area contributed by atoms with E-state index in [1.807, 2.05) is 0 Å². The highest BCUT2D eigenvalue weighted by Crippen LogP contribution is 2.13. The van der Waals surface area contributed by atoms with Crippen molar-refractivity contribution in [1.29, 1.82) is 0 Å². The molecule has 0 spiro atoms. The van der Waals surface area contributed by atoms with Crippen molar-refractivity contribution in [3.63, 3.8) is 0 Å². The summed E-state index contributed by atoms with van der Waals surface area (Å²) in [6.45, 7) is 6.42. The van der Waals surface area contributed by atoms with Crippen molar-refractivity contribution >= 4 is 17.9 Å². The van der Waals surface area contributed by atoms with Crippen molar-refractivity contribution in [3.05, 3.63) is 122 Å². The van der Waals surface area contributed by atoms with Crippen molar-refractivity contribution in [2.24, 2.45) is 0 Å². The van der Waals surface area contributed by atoms with Gasteiger partial charge < -0.3 is 14.2 Å². The first-order chi connectivity index (χ1) is 34.0. The molecule has 0 aromatic carbocycles. The van der Waals surface area contributed by atoms with Crippen LogP contribution in [0.5, 0.6) is 0 Å². The Bertz CT molecular complexity index is 1470. The SMILES string of the molecule is CC/C=C\C/C=C\C/C=C\C/C=C\C/C=C\C/C=C\C/C=C\C/C=C\C/C=C\CCCC(=O)OCC(COC(=O)CCCCCCCCCC)OC(=O)CCCCCCC/C=C\CCCCCCC. The molecule has 0 aliphatic carbocycles. The van der Waals surface area contributed by atoms with Gasteiger partial charge in [-0.3, -0.25) is 14.4 Å². The van der Waals surface area contributed by atoms with E-state index in [0.717, 1.165) is 116 Å². The third-order valence-corrected chi connectivity index (χ3v) is 11.5. The van der Waals surface area contributed by atoms with Gasteiger partial charge in [-0.05, 0) is 109 Å². The Morgan fingerprint density at radius 3 is 0.957 bits per heavy atom. The van der Waals surface area contributed by atoms with E-state index in [9.17, 15) is 14.4 Å². The third-order valence-electron chi connectivity index (χ3n) is 11.5. The summed E-state index contributed by atoms with van der Waals surface area (Å²) < 4.78 is 16.7. The van der Waals surface area contributed by atoms with Crippen LogP contribution in [-0.2, 0) is 28.6 Å². The molecule has 0 rings (SSSR count). The molecule has 0 aliphatic rings. The normalized spacial score (nSPS) is 13.0. The zero-order valence-corrected chi connectivity index (χ0v) is 44.5.